The molecule has 112 valence electrons. The number of benzene rings is 1. The number of pyridine rings is 1. The van der Waals surface area contributed by atoms with E-state index in [-0.39, 0.29) is 11.4 Å². The normalized spacial score (nSPS) is 10.6. The summed E-state index contributed by atoms with van der Waals surface area (Å²) in [4.78, 5) is 3.79. The Morgan fingerprint density at radius 1 is 1.00 bits per heavy atom. The third kappa shape index (κ3) is 2.72. The second-order valence-electron chi connectivity index (χ2n) is 3.84. The first-order valence-electron chi connectivity index (χ1n) is 5.52. The van der Waals surface area contributed by atoms with Crippen LogP contribution in [-0.4, -0.2) is 4.98 Å². The third-order valence-electron chi connectivity index (χ3n) is 2.57. The first-order chi connectivity index (χ1) is 9.97. The molecule has 21 heavy (non-hydrogen) atoms. The van der Waals surface area contributed by atoms with Crippen LogP contribution in [-0.2, 0) is 6.61 Å². The van der Waals surface area contributed by atoms with E-state index in [0.29, 0.717) is 0 Å². The minimum absolute atomic E-state index is 0.140. The molecule has 3 N–H and O–H groups in total. The molecule has 0 radical (unpaired) electrons. The van der Waals surface area contributed by atoms with Gasteiger partial charge >= 0.3 is 0 Å². The Bertz CT molecular complexity index is 651. The first-order valence-corrected chi connectivity index (χ1v) is 5.52. The van der Waals surface area contributed by atoms with E-state index < -0.39 is 41.4 Å². The average Bonchev–Trinajstić information content (AvgIpc) is 2.51. The molecular weight excluding hydrogens is 297 g/mol. The van der Waals surface area contributed by atoms with Gasteiger partial charge in [0, 0.05) is 11.8 Å². The second kappa shape index (κ2) is 5.92. The topological polar surface area (TPSA) is 60.2 Å². The van der Waals surface area contributed by atoms with E-state index in [1.807, 2.05) is 0 Å². The molecule has 1 aromatic heterocycles. The Balaban J connectivity index is 2.33. The van der Waals surface area contributed by atoms with Crippen molar-refractivity contribution >= 4 is 5.82 Å². The molecule has 0 unspecified atom stereocenters. The number of hydrazine groups is 1. The van der Waals surface area contributed by atoms with Crippen LogP contribution >= 0.6 is 0 Å². The Hall–Kier alpha value is -2.42. The Kier molecular flexibility index (Phi) is 4.22. The van der Waals surface area contributed by atoms with Crippen molar-refractivity contribution in [2.75, 3.05) is 5.43 Å². The van der Waals surface area contributed by atoms with Crippen LogP contribution in [0.2, 0.25) is 0 Å². The summed E-state index contributed by atoms with van der Waals surface area (Å²) in [6.07, 6.45) is 1.39. The number of aromatic nitrogens is 1. The van der Waals surface area contributed by atoms with Crippen LogP contribution < -0.4 is 16.0 Å². The van der Waals surface area contributed by atoms with Gasteiger partial charge in [0.2, 0.25) is 29.1 Å². The summed E-state index contributed by atoms with van der Waals surface area (Å²) in [7, 11) is 0. The van der Waals surface area contributed by atoms with Gasteiger partial charge in [-0.25, -0.2) is 24.0 Å². The lowest BCUT2D eigenvalue weighted by molar-refractivity contribution is 0.253. The lowest BCUT2D eigenvalue weighted by atomic mass is 10.2. The Labute approximate surface area is 115 Å². The van der Waals surface area contributed by atoms with E-state index in [9.17, 15) is 22.0 Å². The fourth-order valence-electron chi connectivity index (χ4n) is 1.55. The number of halogens is 5. The van der Waals surface area contributed by atoms with Crippen LogP contribution in [0.5, 0.6) is 5.75 Å². The van der Waals surface area contributed by atoms with Gasteiger partial charge in [0.05, 0.1) is 0 Å². The first kappa shape index (κ1) is 15.0. The summed E-state index contributed by atoms with van der Waals surface area (Å²) in [5.41, 5.74) is 2.47. The number of hydrogen-bond acceptors (Lipinski definition) is 4. The van der Waals surface area contributed by atoms with Gasteiger partial charge in [0.25, 0.3) is 0 Å². The van der Waals surface area contributed by atoms with Gasteiger partial charge in [-0.05, 0) is 6.07 Å². The summed E-state index contributed by atoms with van der Waals surface area (Å²) in [5.74, 6) is -6.55. The molecule has 0 amide bonds. The molecule has 2 aromatic rings. The average molecular weight is 305 g/mol. The molecule has 0 saturated heterocycles. The lowest BCUT2D eigenvalue weighted by Gasteiger charge is -2.12. The van der Waals surface area contributed by atoms with Crippen molar-refractivity contribution in [2.24, 2.45) is 5.84 Å². The SMILES string of the molecule is NNc1ncccc1COc1c(F)c(F)c(F)c(F)c1F. The van der Waals surface area contributed by atoms with Crippen molar-refractivity contribution < 1.29 is 26.7 Å². The molecule has 0 aliphatic heterocycles. The maximum atomic E-state index is 13.4. The van der Waals surface area contributed by atoms with Crippen molar-refractivity contribution in [2.45, 2.75) is 6.61 Å². The minimum atomic E-state index is -2.25. The molecule has 2 rings (SSSR count). The molecular formula is C12H8F5N3O. The van der Waals surface area contributed by atoms with E-state index in [1.54, 1.807) is 0 Å². The Morgan fingerprint density at radius 3 is 2.14 bits per heavy atom. The Morgan fingerprint density at radius 2 is 1.57 bits per heavy atom. The predicted molar refractivity (Wildman–Crippen MR) is 62.6 cm³/mol. The summed E-state index contributed by atoms with van der Waals surface area (Å²) in [6.45, 7) is -0.494. The quantitative estimate of drug-likeness (QED) is 0.300. The van der Waals surface area contributed by atoms with Crippen molar-refractivity contribution in [1.82, 2.24) is 4.98 Å². The van der Waals surface area contributed by atoms with Gasteiger partial charge in [-0.1, -0.05) is 6.07 Å². The van der Waals surface area contributed by atoms with Gasteiger partial charge < -0.3 is 10.2 Å². The number of rotatable bonds is 4. The fourth-order valence-corrected chi connectivity index (χ4v) is 1.55. The van der Waals surface area contributed by atoms with Gasteiger partial charge in [0.1, 0.15) is 12.4 Å². The number of nitrogens with one attached hydrogen (secondary N) is 1. The summed E-state index contributed by atoms with van der Waals surface area (Å²) >= 11 is 0. The van der Waals surface area contributed by atoms with Crippen molar-refractivity contribution in [1.29, 1.82) is 0 Å². The molecule has 0 bridgehead atoms. The van der Waals surface area contributed by atoms with E-state index >= 15 is 0 Å². The molecule has 0 spiro atoms. The molecule has 0 atom stereocenters. The number of nitrogens with zero attached hydrogens (tertiary/aromatic N) is 1. The monoisotopic (exact) mass is 305 g/mol. The van der Waals surface area contributed by atoms with Crippen LogP contribution in [0.15, 0.2) is 18.3 Å². The number of ether oxygens (including phenoxy) is 1. The minimum Gasteiger partial charge on any atom is -0.483 e. The number of nitrogens with two attached hydrogens (primary N) is 1. The van der Waals surface area contributed by atoms with E-state index in [0.717, 1.165) is 0 Å². The molecule has 0 saturated carbocycles. The van der Waals surface area contributed by atoms with E-state index in [2.05, 4.69) is 15.1 Å². The molecule has 1 heterocycles. The van der Waals surface area contributed by atoms with Crippen molar-refractivity contribution in [3.05, 3.63) is 53.0 Å². The van der Waals surface area contributed by atoms with E-state index in [4.69, 9.17) is 5.84 Å². The van der Waals surface area contributed by atoms with Gasteiger partial charge in [-0.2, -0.15) is 8.78 Å². The van der Waals surface area contributed by atoms with Gasteiger partial charge in [-0.15, -0.1) is 0 Å². The molecule has 0 fully saturated rings. The number of nitrogen functional groups attached to an aromatic ring is 1. The van der Waals surface area contributed by atoms with Crippen LogP contribution in [0.25, 0.3) is 0 Å². The highest BCUT2D eigenvalue weighted by Gasteiger charge is 2.27. The maximum absolute atomic E-state index is 13.4. The lowest BCUT2D eigenvalue weighted by Crippen LogP contribution is -2.13. The zero-order valence-corrected chi connectivity index (χ0v) is 10.3. The highest BCUT2D eigenvalue weighted by Crippen LogP contribution is 2.30. The summed E-state index contributed by atoms with van der Waals surface area (Å²) in [5, 5.41) is 0. The second-order valence-corrected chi connectivity index (χ2v) is 3.84. The zero-order chi connectivity index (χ0) is 15.6. The van der Waals surface area contributed by atoms with E-state index in [1.165, 1.54) is 18.3 Å². The van der Waals surface area contributed by atoms with Crippen molar-refractivity contribution in [3.8, 4) is 5.75 Å². The molecule has 0 aliphatic carbocycles. The highest BCUT2D eigenvalue weighted by molar-refractivity contribution is 5.42. The fraction of sp³-hybridized carbons (Fsp3) is 0.0833. The van der Waals surface area contributed by atoms with Crippen LogP contribution in [0.4, 0.5) is 27.8 Å². The number of hydrogen-bond donors (Lipinski definition) is 2. The predicted octanol–water partition coefficient (Wildman–Crippen LogP) is 2.64. The summed E-state index contributed by atoms with van der Waals surface area (Å²) in [6, 6.07) is 2.94. The maximum Gasteiger partial charge on any atom is 0.207 e. The molecule has 0 aliphatic rings. The zero-order valence-electron chi connectivity index (χ0n) is 10.3. The molecule has 4 nitrogen and oxygen atoms in total. The van der Waals surface area contributed by atoms with Crippen LogP contribution in [0.1, 0.15) is 5.56 Å². The standard InChI is InChI=1S/C12H8F5N3O/c13-6-7(14)9(16)11(10(17)8(6)15)21-4-5-2-1-3-19-12(5)20-18/h1-3H,4,18H2,(H,19,20). The van der Waals surface area contributed by atoms with Crippen LogP contribution in [0.3, 0.4) is 0 Å². The van der Waals surface area contributed by atoms with Gasteiger partial charge in [0.15, 0.2) is 5.75 Å². The largest absolute Gasteiger partial charge is 0.483 e. The summed E-state index contributed by atoms with van der Waals surface area (Å²) < 4.78 is 70.3. The van der Waals surface area contributed by atoms with Gasteiger partial charge in [-0.3, -0.25) is 0 Å². The third-order valence-corrected chi connectivity index (χ3v) is 2.57. The molecule has 9 heteroatoms. The molecule has 1 aromatic carbocycles. The highest BCUT2D eigenvalue weighted by atomic mass is 19.2. The smallest absolute Gasteiger partial charge is 0.207 e. The number of anilines is 1. The van der Waals surface area contributed by atoms with Crippen molar-refractivity contribution in [3.63, 3.8) is 0 Å². The van der Waals surface area contributed by atoms with Crippen LogP contribution in [0, 0.1) is 29.1 Å².